The summed E-state index contributed by atoms with van der Waals surface area (Å²) in [7, 11) is 4.05. The number of guanidine groups is 1. The second kappa shape index (κ2) is 10.4. The molecule has 0 atom stereocenters. The van der Waals surface area contributed by atoms with Crippen LogP contribution in [-0.2, 0) is 6.54 Å². The van der Waals surface area contributed by atoms with E-state index in [2.05, 4.69) is 46.6 Å². The molecule has 0 bridgehead atoms. The first-order valence-corrected chi connectivity index (χ1v) is 8.67. The quantitative estimate of drug-likeness (QED) is 0.424. The monoisotopic (exact) mass is 436 g/mol. The number of likely N-dealkylation sites (tertiary alicyclic amines) is 1. The number of thiophene rings is 1. The molecule has 6 heteroatoms. The van der Waals surface area contributed by atoms with E-state index < -0.39 is 0 Å². The van der Waals surface area contributed by atoms with Crippen molar-refractivity contribution in [3.63, 3.8) is 0 Å². The molecule has 0 amide bonds. The third-order valence-electron chi connectivity index (χ3n) is 4.13. The van der Waals surface area contributed by atoms with E-state index in [4.69, 9.17) is 0 Å². The fraction of sp³-hybridized carbons (Fsp3) is 0.688. The van der Waals surface area contributed by atoms with Gasteiger partial charge in [0.2, 0.25) is 0 Å². The van der Waals surface area contributed by atoms with Gasteiger partial charge < -0.3 is 15.5 Å². The molecular formula is C16H29IN4S. The van der Waals surface area contributed by atoms with Crippen molar-refractivity contribution in [2.24, 2.45) is 10.9 Å². The van der Waals surface area contributed by atoms with Gasteiger partial charge in [-0.3, -0.25) is 4.99 Å². The third-order valence-corrected chi connectivity index (χ3v) is 5.13. The minimum absolute atomic E-state index is 0. The van der Waals surface area contributed by atoms with Crippen molar-refractivity contribution in [3.05, 3.63) is 21.9 Å². The fourth-order valence-corrected chi connectivity index (χ4v) is 3.55. The summed E-state index contributed by atoms with van der Waals surface area (Å²) in [6.07, 6.45) is 3.91. The highest BCUT2D eigenvalue weighted by Crippen LogP contribution is 2.18. The lowest BCUT2D eigenvalue weighted by molar-refractivity contribution is 0.213. The lowest BCUT2D eigenvalue weighted by Gasteiger charge is -2.29. The summed E-state index contributed by atoms with van der Waals surface area (Å²) in [4.78, 5) is 9.43. The maximum atomic E-state index is 4.30. The van der Waals surface area contributed by atoms with Crippen LogP contribution in [0.5, 0.6) is 0 Å². The van der Waals surface area contributed by atoms with Crippen LogP contribution in [0.25, 0.3) is 0 Å². The van der Waals surface area contributed by atoms with Gasteiger partial charge in [-0.25, -0.2) is 0 Å². The first-order valence-electron chi connectivity index (χ1n) is 7.85. The number of hydrogen-bond acceptors (Lipinski definition) is 3. The van der Waals surface area contributed by atoms with E-state index in [1.807, 2.05) is 18.4 Å². The Bertz CT molecular complexity index is 453. The van der Waals surface area contributed by atoms with Crippen LogP contribution >= 0.6 is 35.3 Å². The van der Waals surface area contributed by atoms with Crippen LogP contribution in [-0.4, -0.2) is 44.6 Å². The average Bonchev–Trinajstić information content (AvgIpc) is 2.90. The Morgan fingerprint density at radius 3 is 2.64 bits per heavy atom. The predicted octanol–water partition coefficient (Wildman–Crippen LogP) is 3.07. The number of hydrogen-bond donors (Lipinski definition) is 2. The highest BCUT2D eigenvalue weighted by atomic mass is 127. The Kier molecular flexibility index (Phi) is 9.35. The summed E-state index contributed by atoms with van der Waals surface area (Å²) in [6.45, 7) is 6.50. The predicted molar refractivity (Wildman–Crippen MR) is 108 cm³/mol. The highest BCUT2D eigenvalue weighted by Gasteiger charge is 2.16. The van der Waals surface area contributed by atoms with Crippen molar-refractivity contribution in [2.45, 2.75) is 32.7 Å². The molecule has 1 aromatic heterocycles. The Labute approximate surface area is 155 Å². The van der Waals surface area contributed by atoms with E-state index in [0.29, 0.717) is 0 Å². The molecule has 1 fully saturated rings. The first kappa shape index (κ1) is 19.7. The minimum Gasteiger partial charge on any atom is -0.356 e. The number of nitrogens with one attached hydrogen (secondary N) is 2. The lowest BCUT2D eigenvalue weighted by Crippen LogP contribution is -2.38. The fourth-order valence-electron chi connectivity index (χ4n) is 2.72. The summed E-state index contributed by atoms with van der Waals surface area (Å²) in [5, 5.41) is 6.82. The van der Waals surface area contributed by atoms with Crippen molar-refractivity contribution in [3.8, 4) is 0 Å². The molecule has 22 heavy (non-hydrogen) atoms. The molecule has 0 unspecified atom stereocenters. The molecule has 1 aromatic rings. The Morgan fingerprint density at radius 1 is 1.32 bits per heavy atom. The van der Waals surface area contributed by atoms with E-state index in [0.717, 1.165) is 25.0 Å². The second-order valence-corrected chi connectivity index (χ2v) is 7.27. The van der Waals surface area contributed by atoms with Crippen molar-refractivity contribution in [1.29, 1.82) is 0 Å². The van der Waals surface area contributed by atoms with Crippen LogP contribution in [0.2, 0.25) is 0 Å². The van der Waals surface area contributed by atoms with Crippen molar-refractivity contribution < 1.29 is 0 Å². The SMILES string of the molecule is CN=C(NCCC1CCN(C)CC1)NCc1ccc(C)s1.I. The van der Waals surface area contributed by atoms with Gasteiger partial charge in [-0.2, -0.15) is 0 Å². The van der Waals surface area contributed by atoms with Crippen molar-refractivity contribution in [2.75, 3.05) is 33.7 Å². The molecule has 0 radical (unpaired) electrons. The highest BCUT2D eigenvalue weighted by molar-refractivity contribution is 14.0. The van der Waals surface area contributed by atoms with Crippen LogP contribution in [0.3, 0.4) is 0 Å². The molecule has 1 aliphatic rings. The van der Waals surface area contributed by atoms with Gasteiger partial charge in [0.15, 0.2) is 5.96 Å². The van der Waals surface area contributed by atoms with Gasteiger partial charge in [0.05, 0.1) is 6.54 Å². The molecule has 0 saturated carbocycles. The zero-order chi connectivity index (χ0) is 15.1. The smallest absolute Gasteiger partial charge is 0.191 e. The molecule has 0 aromatic carbocycles. The van der Waals surface area contributed by atoms with Gasteiger partial charge >= 0.3 is 0 Å². The van der Waals surface area contributed by atoms with Gasteiger partial charge in [-0.05, 0) is 64.4 Å². The first-order chi connectivity index (χ1) is 10.2. The third kappa shape index (κ3) is 6.83. The summed E-state index contributed by atoms with van der Waals surface area (Å²) in [5.74, 6) is 1.78. The van der Waals surface area contributed by atoms with Gasteiger partial charge in [0.1, 0.15) is 0 Å². The molecular weight excluding hydrogens is 407 g/mol. The van der Waals surface area contributed by atoms with Gasteiger partial charge in [0.25, 0.3) is 0 Å². The summed E-state index contributed by atoms with van der Waals surface area (Å²) < 4.78 is 0. The maximum absolute atomic E-state index is 4.30. The zero-order valence-corrected chi connectivity index (χ0v) is 17.0. The number of rotatable bonds is 5. The van der Waals surface area contributed by atoms with Gasteiger partial charge in [0, 0.05) is 23.3 Å². The van der Waals surface area contributed by atoms with E-state index in [1.165, 1.54) is 42.1 Å². The van der Waals surface area contributed by atoms with Gasteiger partial charge in [-0.1, -0.05) is 0 Å². The second-order valence-electron chi connectivity index (χ2n) is 5.90. The van der Waals surface area contributed by atoms with Crippen LogP contribution in [0.1, 0.15) is 29.0 Å². The topological polar surface area (TPSA) is 39.7 Å². The summed E-state index contributed by atoms with van der Waals surface area (Å²) in [5.41, 5.74) is 0. The van der Waals surface area contributed by atoms with Gasteiger partial charge in [-0.15, -0.1) is 35.3 Å². The number of piperidine rings is 1. The molecule has 2 N–H and O–H groups in total. The number of nitrogens with zero attached hydrogens (tertiary/aromatic N) is 2. The van der Waals surface area contributed by atoms with E-state index in [9.17, 15) is 0 Å². The maximum Gasteiger partial charge on any atom is 0.191 e. The molecule has 0 spiro atoms. The van der Waals surface area contributed by atoms with Crippen LogP contribution in [0.15, 0.2) is 17.1 Å². The van der Waals surface area contributed by atoms with Crippen molar-refractivity contribution in [1.82, 2.24) is 15.5 Å². The van der Waals surface area contributed by atoms with E-state index in [-0.39, 0.29) is 24.0 Å². The Balaban J connectivity index is 0.00000242. The molecule has 1 saturated heterocycles. The Morgan fingerprint density at radius 2 is 2.05 bits per heavy atom. The lowest BCUT2D eigenvalue weighted by atomic mass is 9.94. The molecule has 1 aliphatic heterocycles. The molecule has 2 heterocycles. The molecule has 126 valence electrons. The van der Waals surface area contributed by atoms with Crippen molar-refractivity contribution >= 4 is 41.3 Å². The number of aliphatic imine (C=N–C) groups is 1. The summed E-state index contributed by atoms with van der Waals surface area (Å²) in [6, 6.07) is 4.34. The average molecular weight is 436 g/mol. The van der Waals surface area contributed by atoms with Crippen LogP contribution in [0.4, 0.5) is 0 Å². The van der Waals surface area contributed by atoms with Crippen LogP contribution < -0.4 is 10.6 Å². The van der Waals surface area contributed by atoms with Crippen LogP contribution in [0, 0.1) is 12.8 Å². The zero-order valence-electron chi connectivity index (χ0n) is 13.9. The van der Waals surface area contributed by atoms with E-state index >= 15 is 0 Å². The number of aryl methyl sites for hydroxylation is 1. The standard InChI is InChI=1S/C16H28N4S.HI/c1-13-4-5-15(21-13)12-19-16(17-2)18-9-6-14-7-10-20(3)11-8-14;/h4-5,14H,6-12H2,1-3H3,(H2,17,18,19);1H. The number of halogens is 1. The van der Waals surface area contributed by atoms with E-state index in [1.54, 1.807) is 0 Å². The Hall–Kier alpha value is -0.340. The molecule has 2 rings (SSSR count). The molecule has 4 nitrogen and oxygen atoms in total. The molecule has 0 aliphatic carbocycles. The summed E-state index contributed by atoms with van der Waals surface area (Å²) >= 11 is 1.84. The minimum atomic E-state index is 0. The normalized spacial score (nSPS) is 17.1. The largest absolute Gasteiger partial charge is 0.356 e.